The highest BCUT2D eigenvalue weighted by Crippen LogP contribution is 2.19. The molecule has 1 fully saturated rings. The lowest BCUT2D eigenvalue weighted by atomic mass is 10.1. The molecule has 1 aliphatic heterocycles. The number of piperidine rings is 1. The number of nitrogens with zero attached hydrogens (tertiary/aromatic N) is 4. The first kappa shape index (κ1) is 12.6. The molecule has 1 saturated heterocycles. The van der Waals surface area contributed by atoms with Crippen molar-refractivity contribution in [3.63, 3.8) is 0 Å². The van der Waals surface area contributed by atoms with Gasteiger partial charge in [-0.1, -0.05) is 12.7 Å². The van der Waals surface area contributed by atoms with E-state index in [1.165, 1.54) is 19.3 Å². The third-order valence-corrected chi connectivity index (χ3v) is 2.80. The number of nitrogens with one attached hydrogen (secondary N) is 1. The molecule has 98 valence electrons. The molecular weight excluding hydrogens is 230 g/mol. The lowest BCUT2D eigenvalue weighted by molar-refractivity contribution is 0.332. The maximum Gasteiger partial charge on any atom is 0.323 e. The van der Waals surface area contributed by atoms with Gasteiger partial charge in [-0.2, -0.15) is 15.0 Å². The summed E-state index contributed by atoms with van der Waals surface area (Å²) in [5.41, 5.74) is 0. The molecule has 0 aromatic carbocycles. The zero-order valence-corrected chi connectivity index (χ0v) is 10.7. The Bertz CT molecular complexity index is 403. The largest absolute Gasteiger partial charge is 0.459 e. The Morgan fingerprint density at radius 1 is 1.28 bits per heavy atom. The monoisotopic (exact) mass is 249 g/mol. The maximum atomic E-state index is 5.38. The van der Waals surface area contributed by atoms with Crippen LogP contribution in [0.5, 0.6) is 6.01 Å². The van der Waals surface area contributed by atoms with Crippen LogP contribution in [0.4, 0.5) is 11.9 Å². The molecule has 1 aliphatic rings. The van der Waals surface area contributed by atoms with E-state index >= 15 is 0 Å². The van der Waals surface area contributed by atoms with Crippen molar-refractivity contribution < 1.29 is 4.74 Å². The van der Waals surface area contributed by atoms with Gasteiger partial charge in [-0.05, 0) is 19.3 Å². The van der Waals surface area contributed by atoms with Gasteiger partial charge in [-0.25, -0.2) is 0 Å². The summed E-state index contributed by atoms with van der Waals surface area (Å²) in [6.45, 7) is 5.99. The van der Waals surface area contributed by atoms with Gasteiger partial charge in [-0.15, -0.1) is 0 Å². The van der Waals surface area contributed by atoms with Crippen molar-refractivity contribution in [1.29, 1.82) is 0 Å². The van der Waals surface area contributed by atoms with Crippen LogP contribution in [0.25, 0.3) is 0 Å². The van der Waals surface area contributed by atoms with Crippen molar-refractivity contribution in [2.45, 2.75) is 19.3 Å². The fourth-order valence-corrected chi connectivity index (χ4v) is 1.89. The summed E-state index contributed by atoms with van der Waals surface area (Å²) < 4.78 is 5.38. The van der Waals surface area contributed by atoms with Gasteiger partial charge in [-0.3, -0.25) is 0 Å². The van der Waals surface area contributed by atoms with Crippen LogP contribution in [-0.4, -0.2) is 41.7 Å². The molecule has 0 spiro atoms. The maximum absolute atomic E-state index is 5.38. The first-order chi connectivity index (χ1) is 8.83. The Labute approximate surface area is 107 Å². The number of aromatic nitrogens is 3. The second kappa shape index (κ2) is 6.18. The molecule has 0 saturated carbocycles. The Morgan fingerprint density at radius 3 is 2.72 bits per heavy atom. The van der Waals surface area contributed by atoms with Gasteiger partial charge >= 0.3 is 6.01 Å². The third kappa shape index (κ3) is 3.09. The highest BCUT2D eigenvalue weighted by molar-refractivity contribution is 5.38. The van der Waals surface area contributed by atoms with E-state index in [0.29, 0.717) is 24.5 Å². The van der Waals surface area contributed by atoms with Crippen molar-refractivity contribution in [3.8, 4) is 6.01 Å². The summed E-state index contributed by atoms with van der Waals surface area (Å²) in [4.78, 5) is 15.0. The van der Waals surface area contributed by atoms with E-state index in [9.17, 15) is 0 Å². The molecule has 1 aromatic heterocycles. The van der Waals surface area contributed by atoms with Crippen molar-refractivity contribution in [3.05, 3.63) is 12.7 Å². The summed E-state index contributed by atoms with van der Waals surface area (Å²) in [6, 6.07) is 0.342. The lowest BCUT2D eigenvalue weighted by Crippen LogP contribution is -2.31. The Kier molecular flexibility index (Phi) is 4.33. The van der Waals surface area contributed by atoms with Crippen LogP contribution in [0.3, 0.4) is 0 Å². The first-order valence-corrected chi connectivity index (χ1v) is 6.26. The number of rotatable bonds is 5. The van der Waals surface area contributed by atoms with Crippen LogP contribution < -0.4 is 15.0 Å². The van der Waals surface area contributed by atoms with E-state index in [-0.39, 0.29) is 0 Å². The van der Waals surface area contributed by atoms with E-state index < -0.39 is 0 Å². The van der Waals surface area contributed by atoms with Crippen LogP contribution in [0.2, 0.25) is 0 Å². The second-order valence-corrected chi connectivity index (χ2v) is 4.14. The summed E-state index contributed by atoms with van der Waals surface area (Å²) >= 11 is 0. The molecule has 18 heavy (non-hydrogen) atoms. The van der Waals surface area contributed by atoms with Crippen molar-refractivity contribution in [1.82, 2.24) is 15.0 Å². The van der Waals surface area contributed by atoms with E-state index in [2.05, 4.69) is 31.7 Å². The Morgan fingerprint density at radius 2 is 2.06 bits per heavy atom. The number of ether oxygens (including phenoxy) is 1. The van der Waals surface area contributed by atoms with Crippen LogP contribution in [-0.2, 0) is 0 Å². The molecule has 0 radical (unpaired) electrons. The topological polar surface area (TPSA) is 63.2 Å². The van der Waals surface area contributed by atoms with Gasteiger partial charge in [0.2, 0.25) is 11.9 Å². The Balaban J connectivity index is 2.19. The van der Waals surface area contributed by atoms with E-state index in [1.807, 2.05) is 0 Å². The predicted octanol–water partition coefficient (Wildman–Crippen LogP) is 1.47. The van der Waals surface area contributed by atoms with Gasteiger partial charge in [0.15, 0.2) is 0 Å². The van der Waals surface area contributed by atoms with Crippen molar-refractivity contribution >= 4 is 11.9 Å². The van der Waals surface area contributed by atoms with Crippen LogP contribution in [0.15, 0.2) is 12.7 Å². The zero-order chi connectivity index (χ0) is 12.8. The number of anilines is 2. The molecule has 1 N–H and O–H groups in total. The normalized spacial score (nSPS) is 15.3. The van der Waals surface area contributed by atoms with Crippen molar-refractivity contribution in [2.75, 3.05) is 37.0 Å². The summed E-state index contributed by atoms with van der Waals surface area (Å²) in [7, 11) is 1.78. The molecule has 0 bridgehead atoms. The summed E-state index contributed by atoms with van der Waals surface area (Å²) in [5, 5.41) is 2.93. The zero-order valence-electron chi connectivity index (χ0n) is 10.7. The summed E-state index contributed by atoms with van der Waals surface area (Å²) in [5.74, 6) is 1.22. The molecule has 0 atom stereocenters. The predicted molar refractivity (Wildman–Crippen MR) is 71.1 cm³/mol. The van der Waals surface area contributed by atoms with Crippen LogP contribution in [0.1, 0.15) is 19.3 Å². The molecule has 2 heterocycles. The smallest absolute Gasteiger partial charge is 0.323 e. The quantitative estimate of drug-likeness (QED) is 0.797. The molecule has 0 amide bonds. The highest BCUT2D eigenvalue weighted by Gasteiger charge is 2.16. The van der Waals surface area contributed by atoms with Gasteiger partial charge in [0, 0.05) is 20.1 Å². The number of hydrogen-bond acceptors (Lipinski definition) is 6. The fraction of sp³-hybridized carbons (Fsp3) is 0.583. The molecular formula is C12H19N5O. The van der Waals surface area contributed by atoms with Gasteiger partial charge in [0.25, 0.3) is 0 Å². The van der Waals surface area contributed by atoms with Crippen LogP contribution >= 0.6 is 0 Å². The standard InChI is InChI=1S/C12H19N5O/c1-3-9-18-12-15-10(13-2)14-11(16-12)17-7-5-4-6-8-17/h3H,1,4-9H2,2H3,(H,13,14,15,16). The molecule has 6 nitrogen and oxygen atoms in total. The lowest BCUT2D eigenvalue weighted by Gasteiger charge is -2.26. The van der Waals surface area contributed by atoms with E-state index in [4.69, 9.17) is 4.74 Å². The average Bonchev–Trinajstić information content (AvgIpc) is 2.45. The van der Waals surface area contributed by atoms with Crippen molar-refractivity contribution in [2.24, 2.45) is 0 Å². The van der Waals surface area contributed by atoms with Gasteiger partial charge < -0.3 is 15.0 Å². The van der Waals surface area contributed by atoms with Gasteiger partial charge in [0.05, 0.1) is 0 Å². The minimum Gasteiger partial charge on any atom is -0.459 e. The molecule has 1 aromatic rings. The number of hydrogen-bond donors (Lipinski definition) is 1. The third-order valence-electron chi connectivity index (χ3n) is 2.80. The van der Waals surface area contributed by atoms with Crippen LogP contribution in [0, 0.1) is 0 Å². The molecule has 0 unspecified atom stereocenters. The van der Waals surface area contributed by atoms with E-state index in [1.54, 1.807) is 13.1 Å². The molecule has 0 aliphatic carbocycles. The minimum atomic E-state index is 0.342. The SMILES string of the molecule is C=CCOc1nc(NC)nc(N2CCCCC2)n1. The fourth-order valence-electron chi connectivity index (χ4n) is 1.89. The summed E-state index contributed by atoms with van der Waals surface area (Å²) in [6.07, 6.45) is 5.32. The highest BCUT2D eigenvalue weighted by atomic mass is 16.5. The molecule has 6 heteroatoms. The average molecular weight is 249 g/mol. The molecule has 2 rings (SSSR count). The first-order valence-electron chi connectivity index (χ1n) is 6.26. The van der Waals surface area contributed by atoms with Gasteiger partial charge in [0.1, 0.15) is 6.61 Å². The van der Waals surface area contributed by atoms with E-state index in [0.717, 1.165) is 13.1 Å². The minimum absolute atomic E-state index is 0.342. The second-order valence-electron chi connectivity index (χ2n) is 4.14. The Hall–Kier alpha value is -1.85.